The molecule has 0 saturated heterocycles. The fourth-order valence-electron chi connectivity index (χ4n) is 1.33. The molecule has 86 valence electrons. The van der Waals surface area contributed by atoms with Crippen molar-refractivity contribution in [1.82, 2.24) is 0 Å². The molecule has 0 aliphatic heterocycles. The Morgan fingerprint density at radius 1 is 1.12 bits per heavy atom. The largest absolute Gasteiger partial charge is 0.414 e. The van der Waals surface area contributed by atoms with Gasteiger partial charge in [-0.15, -0.1) is 0 Å². The summed E-state index contributed by atoms with van der Waals surface area (Å²) in [6.07, 6.45) is 1.49. The van der Waals surface area contributed by atoms with Gasteiger partial charge in [-0.2, -0.15) is 0 Å². The molecule has 1 aliphatic rings. The molecule has 16 heavy (non-hydrogen) atoms. The van der Waals surface area contributed by atoms with E-state index in [-0.39, 0.29) is 0 Å². The summed E-state index contributed by atoms with van der Waals surface area (Å²) in [7, 11) is 0. The molecular formula is C10H10O6. The highest BCUT2D eigenvalue weighted by Crippen LogP contribution is 2.25. The molecule has 0 radical (unpaired) electrons. The predicted molar refractivity (Wildman–Crippen MR) is 50.0 cm³/mol. The van der Waals surface area contributed by atoms with E-state index in [9.17, 15) is 19.2 Å². The number of rotatable bonds is 2. The molecule has 0 bridgehead atoms. The topological polar surface area (TPSA) is 86.7 Å². The Bertz CT molecular complexity index is 376. The summed E-state index contributed by atoms with van der Waals surface area (Å²) in [5, 5.41) is 0. The van der Waals surface area contributed by atoms with Crippen molar-refractivity contribution < 1.29 is 28.7 Å². The molecule has 0 aromatic carbocycles. The zero-order valence-corrected chi connectivity index (χ0v) is 8.81. The standard InChI is InChI=1S/C10H10O6/c1-6(11)15-10(16-7(2)12)5-8(13)3-4-9(10)14/h3-4H,5H2,1-2H3. The number of ether oxygens (including phenoxy) is 2. The molecule has 0 atom stereocenters. The molecule has 0 aromatic heterocycles. The summed E-state index contributed by atoms with van der Waals surface area (Å²) in [5.74, 6) is -4.93. The highest BCUT2D eigenvalue weighted by molar-refractivity contribution is 6.10. The molecule has 0 aromatic rings. The van der Waals surface area contributed by atoms with Crippen molar-refractivity contribution in [2.75, 3.05) is 0 Å². The molecular weight excluding hydrogens is 216 g/mol. The smallest absolute Gasteiger partial charge is 0.327 e. The van der Waals surface area contributed by atoms with E-state index >= 15 is 0 Å². The number of ketones is 2. The van der Waals surface area contributed by atoms with Gasteiger partial charge in [0.15, 0.2) is 5.78 Å². The van der Waals surface area contributed by atoms with Crippen molar-refractivity contribution in [3.8, 4) is 0 Å². The van der Waals surface area contributed by atoms with Crippen molar-refractivity contribution in [1.29, 1.82) is 0 Å². The third kappa shape index (κ3) is 2.53. The zero-order chi connectivity index (χ0) is 12.3. The van der Waals surface area contributed by atoms with E-state index in [1.165, 1.54) is 0 Å². The lowest BCUT2D eigenvalue weighted by Crippen LogP contribution is -2.49. The van der Waals surface area contributed by atoms with E-state index in [1.807, 2.05) is 0 Å². The van der Waals surface area contributed by atoms with E-state index in [2.05, 4.69) is 9.47 Å². The van der Waals surface area contributed by atoms with Crippen LogP contribution in [0.3, 0.4) is 0 Å². The molecule has 0 saturated carbocycles. The van der Waals surface area contributed by atoms with Gasteiger partial charge in [-0.1, -0.05) is 0 Å². The van der Waals surface area contributed by atoms with Crippen LogP contribution >= 0.6 is 0 Å². The number of carbonyl (C=O) groups is 4. The fraction of sp³-hybridized carbons (Fsp3) is 0.400. The molecule has 0 fully saturated rings. The Labute approximate surface area is 91.2 Å². The van der Waals surface area contributed by atoms with Crippen molar-refractivity contribution >= 4 is 23.5 Å². The molecule has 1 rings (SSSR count). The molecule has 0 spiro atoms. The summed E-state index contributed by atoms with van der Waals surface area (Å²) in [6, 6.07) is 0. The van der Waals surface area contributed by atoms with E-state index < -0.39 is 35.7 Å². The van der Waals surface area contributed by atoms with Gasteiger partial charge < -0.3 is 9.47 Å². The maximum Gasteiger partial charge on any atom is 0.327 e. The van der Waals surface area contributed by atoms with Crippen LogP contribution < -0.4 is 0 Å². The van der Waals surface area contributed by atoms with Gasteiger partial charge in [-0.05, 0) is 12.2 Å². The predicted octanol–water partition coefficient (Wildman–Crippen LogP) is -0.0930. The first-order valence-corrected chi connectivity index (χ1v) is 4.50. The van der Waals surface area contributed by atoms with Gasteiger partial charge in [0.25, 0.3) is 0 Å². The van der Waals surface area contributed by atoms with Crippen LogP contribution in [0.1, 0.15) is 20.3 Å². The van der Waals surface area contributed by atoms with Gasteiger partial charge >= 0.3 is 17.7 Å². The molecule has 0 N–H and O–H groups in total. The van der Waals surface area contributed by atoms with Gasteiger partial charge in [-0.25, -0.2) is 0 Å². The average molecular weight is 226 g/mol. The lowest BCUT2D eigenvalue weighted by atomic mass is 9.98. The van der Waals surface area contributed by atoms with Crippen LogP contribution in [0.15, 0.2) is 12.2 Å². The van der Waals surface area contributed by atoms with Gasteiger partial charge in [0.05, 0.1) is 6.42 Å². The van der Waals surface area contributed by atoms with Crippen LogP contribution in [0.5, 0.6) is 0 Å². The van der Waals surface area contributed by atoms with Gasteiger partial charge in [0.1, 0.15) is 0 Å². The third-order valence-electron chi connectivity index (χ3n) is 1.82. The van der Waals surface area contributed by atoms with E-state index in [0.717, 1.165) is 26.0 Å². The maximum absolute atomic E-state index is 11.5. The summed E-state index contributed by atoms with van der Waals surface area (Å²) >= 11 is 0. The van der Waals surface area contributed by atoms with E-state index in [4.69, 9.17) is 0 Å². The Morgan fingerprint density at radius 3 is 2.06 bits per heavy atom. The number of carbonyl (C=O) groups excluding carboxylic acids is 4. The summed E-state index contributed by atoms with van der Waals surface area (Å²) in [6.45, 7) is 2.11. The van der Waals surface area contributed by atoms with Crippen LogP contribution in [-0.4, -0.2) is 29.3 Å². The SMILES string of the molecule is CC(=O)OC1(OC(C)=O)CC(=O)C=CC1=O. The third-order valence-corrected chi connectivity index (χ3v) is 1.82. The fourth-order valence-corrected chi connectivity index (χ4v) is 1.33. The monoisotopic (exact) mass is 226 g/mol. The van der Waals surface area contributed by atoms with E-state index in [1.54, 1.807) is 0 Å². The quantitative estimate of drug-likeness (QED) is 0.483. The minimum Gasteiger partial charge on any atom is -0.414 e. The van der Waals surface area contributed by atoms with Crippen LogP contribution in [0.4, 0.5) is 0 Å². The Kier molecular flexibility index (Phi) is 3.22. The van der Waals surface area contributed by atoms with Crippen molar-refractivity contribution in [2.24, 2.45) is 0 Å². The van der Waals surface area contributed by atoms with Crippen LogP contribution in [0.2, 0.25) is 0 Å². The summed E-state index contributed by atoms with van der Waals surface area (Å²) in [4.78, 5) is 44.4. The number of hydrogen-bond acceptors (Lipinski definition) is 6. The van der Waals surface area contributed by atoms with Crippen LogP contribution in [-0.2, 0) is 28.7 Å². The number of hydrogen-bond donors (Lipinski definition) is 0. The summed E-state index contributed by atoms with van der Waals surface area (Å²) in [5.41, 5.74) is 0. The molecule has 0 heterocycles. The second kappa shape index (κ2) is 4.26. The summed E-state index contributed by atoms with van der Waals surface area (Å²) < 4.78 is 9.34. The normalized spacial score (nSPS) is 18.1. The van der Waals surface area contributed by atoms with Crippen molar-refractivity contribution in [2.45, 2.75) is 26.1 Å². The van der Waals surface area contributed by atoms with E-state index in [0.29, 0.717) is 0 Å². The molecule has 1 aliphatic carbocycles. The minimum atomic E-state index is -2.12. The molecule has 0 unspecified atom stereocenters. The Morgan fingerprint density at radius 2 is 1.62 bits per heavy atom. The molecule has 0 amide bonds. The molecule has 6 heteroatoms. The maximum atomic E-state index is 11.5. The van der Waals surface area contributed by atoms with Crippen molar-refractivity contribution in [3.05, 3.63) is 12.2 Å². The Balaban J connectivity index is 3.07. The average Bonchev–Trinajstić information content (AvgIpc) is 2.09. The Hall–Kier alpha value is -1.98. The first-order chi connectivity index (χ1) is 7.35. The first-order valence-electron chi connectivity index (χ1n) is 4.50. The van der Waals surface area contributed by atoms with Crippen molar-refractivity contribution in [3.63, 3.8) is 0 Å². The zero-order valence-electron chi connectivity index (χ0n) is 8.81. The number of allylic oxidation sites excluding steroid dienone is 1. The highest BCUT2D eigenvalue weighted by Gasteiger charge is 2.47. The lowest BCUT2D eigenvalue weighted by molar-refractivity contribution is -0.222. The van der Waals surface area contributed by atoms with Gasteiger partial charge in [-0.3, -0.25) is 19.2 Å². The molecule has 6 nitrogen and oxygen atoms in total. The van der Waals surface area contributed by atoms with Crippen LogP contribution in [0.25, 0.3) is 0 Å². The number of esters is 2. The second-order valence-electron chi connectivity index (χ2n) is 3.28. The second-order valence-corrected chi connectivity index (χ2v) is 3.28. The van der Waals surface area contributed by atoms with Crippen LogP contribution in [0, 0.1) is 0 Å². The van der Waals surface area contributed by atoms with Gasteiger partial charge in [0, 0.05) is 13.8 Å². The highest BCUT2D eigenvalue weighted by atomic mass is 16.7. The van der Waals surface area contributed by atoms with Gasteiger partial charge in [0.2, 0.25) is 5.78 Å². The minimum absolute atomic E-state index is 0.456. The lowest BCUT2D eigenvalue weighted by Gasteiger charge is -2.30. The first kappa shape index (κ1) is 12.1.